The van der Waals surface area contributed by atoms with Gasteiger partial charge in [-0.2, -0.15) is 0 Å². The third-order valence-electron chi connectivity index (χ3n) is 6.20. The van der Waals surface area contributed by atoms with Crippen molar-refractivity contribution in [2.75, 3.05) is 23.9 Å². The number of hydrogen-bond donors (Lipinski definition) is 2. The molecule has 0 amide bonds. The van der Waals surface area contributed by atoms with E-state index in [9.17, 15) is 5.11 Å². The lowest BCUT2D eigenvalue weighted by molar-refractivity contribution is -0.0605. The molecular weight excluding hydrogens is 398 g/mol. The summed E-state index contributed by atoms with van der Waals surface area (Å²) < 4.78 is 6.28. The molecule has 2 aromatic rings. The Kier molecular flexibility index (Phi) is 5.83. The molecular formula is C24H29NO2S2. The highest BCUT2D eigenvalue weighted by atomic mass is 32.2. The Balaban J connectivity index is 1.43. The van der Waals surface area contributed by atoms with Gasteiger partial charge in [0.1, 0.15) is 5.44 Å². The average molecular weight is 428 g/mol. The first kappa shape index (κ1) is 19.8. The number of anilines is 1. The summed E-state index contributed by atoms with van der Waals surface area (Å²) in [6, 6.07) is 13.8. The van der Waals surface area contributed by atoms with Crippen LogP contribution in [0.5, 0.6) is 0 Å². The van der Waals surface area contributed by atoms with Crippen molar-refractivity contribution in [3.8, 4) is 0 Å². The third kappa shape index (κ3) is 4.48. The van der Waals surface area contributed by atoms with Crippen LogP contribution in [0, 0.1) is 0 Å². The van der Waals surface area contributed by atoms with Crippen LogP contribution in [-0.2, 0) is 11.2 Å². The highest BCUT2D eigenvalue weighted by molar-refractivity contribution is 7.99. The number of nitrogens with one attached hydrogen (secondary N) is 1. The second-order valence-electron chi connectivity index (χ2n) is 8.43. The van der Waals surface area contributed by atoms with Crippen LogP contribution >= 0.6 is 23.5 Å². The van der Waals surface area contributed by atoms with Gasteiger partial charge in [0, 0.05) is 35.7 Å². The number of fused-ring (bicyclic) bond motifs is 1. The monoisotopic (exact) mass is 427 g/mol. The van der Waals surface area contributed by atoms with Gasteiger partial charge in [0.2, 0.25) is 0 Å². The minimum Gasteiger partial charge on any atom is -0.393 e. The number of ether oxygens (including phenoxy) is 1. The van der Waals surface area contributed by atoms with Crippen LogP contribution in [0.3, 0.4) is 0 Å². The maximum Gasteiger partial charge on any atom is 0.106 e. The SMILES string of the molecule is CSC1CC(O)CC(c2ccc(C3CC3)c(Cc3ccc4c(c3)NCCS4)c2)O1. The van der Waals surface area contributed by atoms with Gasteiger partial charge in [0.05, 0.1) is 12.2 Å². The highest BCUT2D eigenvalue weighted by Gasteiger charge is 2.31. The van der Waals surface area contributed by atoms with Crippen LogP contribution in [0.4, 0.5) is 5.69 Å². The Hall–Kier alpha value is -1.14. The number of rotatable bonds is 5. The zero-order chi connectivity index (χ0) is 19.8. The van der Waals surface area contributed by atoms with Crippen molar-refractivity contribution in [2.24, 2.45) is 0 Å². The lowest BCUT2D eigenvalue weighted by Crippen LogP contribution is -2.29. The molecule has 5 heteroatoms. The normalized spacial score (nSPS) is 26.6. The van der Waals surface area contributed by atoms with Crippen LogP contribution in [0.15, 0.2) is 41.3 Å². The first-order valence-corrected chi connectivity index (χ1v) is 13.0. The molecule has 5 rings (SSSR count). The van der Waals surface area contributed by atoms with Crippen LogP contribution in [0.2, 0.25) is 0 Å². The van der Waals surface area contributed by atoms with Crippen LogP contribution in [-0.4, -0.2) is 35.2 Å². The quantitative estimate of drug-likeness (QED) is 0.652. The summed E-state index contributed by atoms with van der Waals surface area (Å²) in [5.74, 6) is 1.87. The molecule has 3 atom stereocenters. The van der Waals surface area contributed by atoms with Gasteiger partial charge in [-0.3, -0.25) is 0 Å². The first-order valence-electron chi connectivity index (χ1n) is 10.7. The fourth-order valence-corrected chi connectivity index (χ4v) is 6.05. The maximum absolute atomic E-state index is 10.3. The molecule has 3 aliphatic rings. The maximum atomic E-state index is 10.3. The number of hydrogen-bond acceptors (Lipinski definition) is 5. The van der Waals surface area contributed by atoms with Gasteiger partial charge in [-0.25, -0.2) is 0 Å². The van der Waals surface area contributed by atoms with E-state index < -0.39 is 0 Å². The van der Waals surface area contributed by atoms with Crippen LogP contribution in [0.1, 0.15) is 60.0 Å². The molecule has 1 saturated heterocycles. The summed E-state index contributed by atoms with van der Waals surface area (Å²) in [7, 11) is 0. The van der Waals surface area contributed by atoms with Crippen LogP contribution in [0.25, 0.3) is 0 Å². The summed E-state index contributed by atoms with van der Waals surface area (Å²) in [5.41, 5.74) is 6.88. The van der Waals surface area contributed by atoms with E-state index in [4.69, 9.17) is 4.74 Å². The largest absolute Gasteiger partial charge is 0.393 e. The van der Waals surface area contributed by atoms with Crippen molar-refractivity contribution in [3.63, 3.8) is 0 Å². The summed E-state index contributed by atoms with van der Waals surface area (Å²) in [6.07, 6.45) is 6.77. The second-order valence-corrected chi connectivity index (χ2v) is 10.6. The van der Waals surface area contributed by atoms with E-state index in [1.54, 1.807) is 11.8 Å². The Morgan fingerprint density at radius 3 is 2.90 bits per heavy atom. The number of benzene rings is 2. The minimum absolute atomic E-state index is 0.00944. The molecule has 0 aromatic heterocycles. The standard InChI is InChI=1S/C24H29NO2S2/c1-28-24-14-19(26)13-22(27-24)17-5-6-20(16-3-4-16)18(12-17)10-15-2-7-23-21(11-15)25-8-9-29-23/h2,5-7,11-12,16,19,22,24-26H,3-4,8-10,13-14H2,1H3. The Bertz CT molecular complexity index is 883. The zero-order valence-corrected chi connectivity index (χ0v) is 18.5. The molecule has 0 spiro atoms. The molecule has 2 heterocycles. The van der Waals surface area contributed by atoms with E-state index in [0.717, 1.165) is 31.1 Å². The number of thioether (sulfide) groups is 2. The van der Waals surface area contributed by atoms with Gasteiger partial charge < -0.3 is 15.2 Å². The zero-order valence-electron chi connectivity index (χ0n) is 16.9. The van der Waals surface area contributed by atoms with Crippen molar-refractivity contribution >= 4 is 29.2 Å². The third-order valence-corrected chi connectivity index (χ3v) is 8.10. The van der Waals surface area contributed by atoms with Crippen molar-refractivity contribution < 1.29 is 9.84 Å². The topological polar surface area (TPSA) is 41.5 Å². The van der Waals surface area contributed by atoms with Crippen molar-refractivity contribution in [1.82, 2.24) is 0 Å². The van der Waals surface area contributed by atoms with E-state index in [-0.39, 0.29) is 17.6 Å². The lowest BCUT2D eigenvalue weighted by Gasteiger charge is -2.33. The van der Waals surface area contributed by atoms with Crippen molar-refractivity contribution in [3.05, 3.63) is 58.7 Å². The molecule has 1 aliphatic carbocycles. The summed E-state index contributed by atoms with van der Waals surface area (Å²) in [6.45, 7) is 1.04. The fraction of sp³-hybridized carbons (Fsp3) is 0.500. The van der Waals surface area contributed by atoms with E-state index in [2.05, 4.69) is 48.0 Å². The summed E-state index contributed by atoms with van der Waals surface area (Å²) in [4.78, 5) is 1.36. The summed E-state index contributed by atoms with van der Waals surface area (Å²) >= 11 is 3.64. The van der Waals surface area contributed by atoms with Crippen molar-refractivity contribution in [1.29, 1.82) is 0 Å². The van der Waals surface area contributed by atoms with Gasteiger partial charge in [-0.05, 0) is 65.8 Å². The lowest BCUT2D eigenvalue weighted by atomic mass is 9.91. The van der Waals surface area contributed by atoms with Gasteiger partial charge in [-0.15, -0.1) is 23.5 Å². The number of aliphatic hydroxyl groups is 1. The van der Waals surface area contributed by atoms with Gasteiger partial charge in [-0.1, -0.05) is 24.3 Å². The minimum atomic E-state index is -0.276. The molecule has 2 aromatic carbocycles. The molecule has 2 fully saturated rings. The molecule has 3 nitrogen and oxygen atoms in total. The highest BCUT2D eigenvalue weighted by Crippen LogP contribution is 2.44. The Morgan fingerprint density at radius 2 is 2.07 bits per heavy atom. The molecule has 0 radical (unpaired) electrons. The van der Waals surface area contributed by atoms with E-state index in [1.807, 2.05) is 11.8 Å². The van der Waals surface area contributed by atoms with Gasteiger partial charge >= 0.3 is 0 Å². The van der Waals surface area contributed by atoms with E-state index >= 15 is 0 Å². The molecule has 1 saturated carbocycles. The van der Waals surface area contributed by atoms with E-state index in [0.29, 0.717) is 6.42 Å². The molecule has 29 heavy (non-hydrogen) atoms. The molecule has 2 aliphatic heterocycles. The average Bonchev–Trinajstić information content (AvgIpc) is 3.58. The van der Waals surface area contributed by atoms with Gasteiger partial charge in [0.25, 0.3) is 0 Å². The smallest absolute Gasteiger partial charge is 0.106 e. The van der Waals surface area contributed by atoms with Crippen molar-refractivity contribution in [2.45, 2.75) is 60.6 Å². The predicted molar refractivity (Wildman–Crippen MR) is 123 cm³/mol. The molecule has 2 N–H and O–H groups in total. The molecule has 154 valence electrons. The number of aliphatic hydroxyl groups excluding tert-OH is 1. The second kappa shape index (κ2) is 8.54. The predicted octanol–water partition coefficient (Wildman–Crippen LogP) is 5.57. The summed E-state index contributed by atoms with van der Waals surface area (Å²) in [5, 5.41) is 13.9. The fourth-order valence-electron chi connectivity index (χ4n) is 4.52. The Morgan fingerprint density at radius 1 is 1.17 bits per heavy atom. The molecule has 3 unspecified atom stereocenters. The molecule has 0 bridgehead atoms. The Labute approximate surface area is 182 Å². The van der Waals surface area contributed by atoms with Gasteiger partial charge in [0.15, 0.2) is 0 Å². The van der Waals surface area contributed by atoms with Crippen LogP contribution < -0.4 is 5.32 Å². The first-order chi connectivity index (χ1) is 14.2. The van der Waals surface area contributed by atoms with E-state index in [1.165, 1.54) is 45.7 Å².